The van der Waals surface area contributed by atoms with Crippen molar-refractivity contribution < 1.29 is 24.6 Å². The Kier molecular flexibility index (Phi) is 6.84. The largest absolute Gasteiger partial charge is 0.481 e. The lowest BCUT2D eigenvalue weighted by molar-refractivity contribution is -0.159. The number of nitrogens with one attached hydrogen (secondary N) is 3. The van der Waals surface area contributed by atoms with Crippen LogP contribution in [0.2, 0.25) is 0 Å². The van der Waals surface area contributed by atoms with E-state index in [9.17, 15) is 29.4 Å². The van der Waals surface area contributed by atoms with Crippen LogP contribution in [0.25, 0.3) is 0 Å². The highest BCUT2D eigenvalue weighted by Crippen LogP contribution is 2.46. The topological polar surface area (TPSA) is 161 Å². The van der Waals surface area contributed by atoms with E-state index in [4.69, 9.17) is 0 Å². The van der Waals surface area contributed by atoms with Crippen LogP contribution in [-0.2, 0) is 9.59 Å². The predicted octanol–water partition coefficient (Wildman–Crippen LogP) is 2.21. The van der Waals surface area contributed by atoms with Crippen LogP contribution in [-0.4, -0.2) is 43.7 Å². The fourth-order valence-corrected chi connectivity index (χ4v) is 3.56. The molecule has 29 heavy (non-hydrogen) atoms. The van der Waals surface area contributed by atoms with Gasteiger partial charge in [0, 0.05) is 17.7 Å². The fraction of sp³-hybridized carbons (Fsp3) is 0.632. The number of nitrogens with zero attached hydrogens (tertiary/aromatic N) is 1. The van der Waals surface area contributed by atoms with E-state index in [1.807, 2.05) is 0 Å². The van der Waals surface area contributed by atoms with Crippen LogP contribution in [0.4, 0.5) is 10.7 Å². The monoisotopic (exact) mass is 410 g/mol. The number of H-pyrrole nitrogens is 1. The number of carboxylic acids is 2. The molecule has 1 rings (SSSR count). The third kappa shape index (κ3) is 5.55. The number of hydrogen-bond donors (Lipinski definition) is 5. The molecule has 5 N–H and O–H groups in total. The molecule has 0 spiro atoms. The number of carboxylic acid groups (broad SMARTS) is 2. The Morgan fingerprint density at radius 2 is 1.69 bits per heavy atom. The maximum Gasteiger partial charge on any atom is 0.330 e. The maximum absolute atomic E-state index is 12.7. The highest BCUT2D eigenvalue weighted by atomic mass is 16.4. The van der Waals surface area contributed by atoms with Gasteiger partial charge < -0.3 is 20.5 Å². The highest BCUT2D eigenvalue weighted by molar-refractivity contribution is 5.94. The van der Waals surface area contributed by atoms with Gasteiger partial charge in [-0.2, -0.15) is 4.98 Å². The van der Waals surface area contributed by atoms with E-state index in [1.165, 1.54) is 6.07 Å². The summed E-state index contributed by atoms with van der Waals surface area (Å²) in [5.41, 5.74) is -3.88. The summed E-state index contributed by atoms with van der Waals surface area (Å²) in [7, 11) is 0. The first-order valence-electron chi connectivity index (χ1n) is 9.13. The second kappa shape index (κ2) is 8.22. The van der Waals surface area contributed by atoms with Crippen molar-refractivity contribution in [2.45, 2.75) is 60.4 Å². The minimum atomic E-state index is -1.93. The molecular weight excluding hydrogens is 380 g/mol. The molecule has 0 aliphatic rings. The van der Waals surface area contributed by atoms with Gasteiger partial charge in [-0.15, -0.1) is 0 Å². The third-order valence-corrected chi connectivity index (χ3v) is 4.89. The van der Waals surface area contributed by atoms with Crippen molar-refractivity contribution >= 4 is 23.9 Å². The number of rotatable bonds is 6. The Labute approximate surface area is 169 Å². The Morgan fingerprint density at radius 3 is 2.07 bits per heavy atom. The van der Waals surface area contributed by atoms with Crippen LogP contribution < -0.4 is 16.2 Å². The lowest BCUT2D eigenvalue weighted by Gasteiger charge is -2.51. The van der Waals surface area contributed by atoms with Crippen LogP contribution in [0.3, 0.4) is 0 Å². The number of amides is 2. The van der Waals surface area contributed by atoms with Crippen LogP contribution in [0.15, 0.2) is 10.9 Å². The maximum atomic E-state index is 12.7. The summed E-state index contributed by atoms with van der Waals surface area (Å²) < 4.78 is 0. The number of anilines is 1. The molecule has 1 heterocycles. The molecule has 0 aliphatic carbocycles. The summed E-state index contributed by atoms with van der Waals surface area (Å²) in [6.45, 7) is 11.6. The Morgan fingerprint density at radius 1 is 1.14 bits per heavy atom. The molecule has 10 heteroatoms. The number of hydrogen-bond acceptors (Lipinski definition) is 5. The molecular formula is C19H30N4O6. The molecule has 0 saturated heterocycles. The summed E-state index contributed by atoms with van der Waals surface area (Å²) in [6, 6.07) is 0.318. The number of aryl methyl sites for hydroxylation is 1. The number of aromatic nitrogens is 2. The standard InChI is InChI=1S/C19H30N4O6/c1-10-8-12(24)21-15(20-10)22-16(29)23-19(14(27)28,18(5,6)7)11(9-13(25)26)17(2,3)4/h8,11H,9H2,1-7H3,(H,25,26)(H,27,28)(H3,20,21,22,23,24,29)/t11?,19-/m1/s1. The summed E-state index contributed by atoms with van der Waals surface area (Å²) in [5, 5.41) is 24.5. The molecule has 2 atom stereocenters. The first kappa shape index (κ1) is 24.1. The minimum Gasteiger partial charge on any atom is -0.481 e. The first-order valence-corrected chi connectivity index (χ1v) is 9.13. The van der Waals surface area contributed by atoms with E-state index in [0.717, 1.165) is 0 Å². The van der Waals surface area contributed by atoms with Crippen molar-refractivity contribution in [3.05, 3.63) is 22.1 Å². The van der Waals surface area contributed by atoms with Gasteiger partial charge >= 0.3 is 18.0 Å². The lowest BCUT2D eigenvalue weighted by atomic mass is 9.57. The molecule has 10 nitrogen and oxygen atoms in total. The summed E-state index contributed by atoms with van der Waals surface area (Å²) in [4.78, 5) is 54.7. The number of urea groups is 1. The van der Waals surface area contributed by atoms with Crippen LogP contribution >= 0.6 is 0 Å². The molecule has 2 amide bonds. The lowest BCUT2D eigenvalue weighted by Crippen LogP contribution is -2.69. The summed E-state index contributed by atoms with van der Waals surface area (Å²) in [6.07, 6.45) is -0.465. The molecule has 0 aliphatic heterocycles. The highest BCUT2D eigenvalue weighted by Gasteiger charge is 2.59. The van der Waals surface area contributed by atoms with Crippen LogP contribution in [0, 0.1) is 23.7 Å². The number of aromatic amines is 1. The van der Waals surface area contributed by atoms with Gasteiger partial charge in [-0.05, 0) is 17.8 Å². The van der Waals surface area contributed by atoms with E-state index in [0.29, 0.717) is 5.69 Å². The van der Waals surface area contributed by atoms with Gasteiger partial charge in [-0.1, -0.05) is 41.5 Å². The van der Waals surface area contributed by atoms with Gasteiger partial charge in [0.25, 0.3) is 5.56 Å². The predicted molar refractivity (Wildman–Crippen MR) is 107 cm³/mol. The Bertz CT molecular complexity index is 849. The van der Waals surface area contributed by atoms with Crippen molar-refractivity contribution in [1.82, 2.24) is 15.3 Å². The normalized spacial score (nSPS) is 15.1. The van der Waals surface area contributed by atoms with Crippen molar-refractivity contribution in [3.8, 4) is 0 Å². The number of carbonyl (C=O) groups excluding carboxylic acids is 1. The summed E-state index contributed by atoms with van der Waals surface area (Å²) in [5.74, 6) is -3.63. The quantitative estimate of drug-likeness (QED) is 0.480. The molecule has 1 aromatic heterocycles. The van der Waals surface area contributed by atoms with Crippen molar-refractivity contribution in [2.24, 2.45) is 16.7 Å². The average molecular weight is 410 g/mol. The van der Waals surface area contributed by atoms with Gasteiger partial charge in [0.15, 0.2) is 0 Å². The van der Waals surface area contributed by atoms with Crippen LogP contribution in [0.5, 0.6) is 0 Å². The number of carbonyl (C=O) groups is 3. The fourth-order valence-electron chi connectivity index (χ4n) is 3.56. The van der Waals surface area contributed by atoms with Gasteiger partial charge in [-0.3, -0.25) is 14.9 Å². The number of aliphatic carboxylic acids is 2. The zero-order valence-electron chi connectivity index (χ0n) is 17.8. The molecule has 1 unspecified atom stereocenters. The third-order valence-electron chi connectivity index (χ3n) is 4.89. The molecule has 0 bridgehead atoms. The minimum absolute atomic E-state index is 0.147. The van der Waals surface area contributed by atoms with Gasteiger partial charge in [0.2, 0.25) is 5.95 Å². The molecule has 162 valence electrons. The Hall–Kier alpha value is -2.91. The smallest absolute Gasteiger partial charge is 0.330 e. The average Bonchev–Trinajstić information content (AvgIpc) is 2.46. The van der Waals surface area contributed by atoms with Crippen LogP contribution in [0.1, 0.15) is 53.7 Å². The second-order valence-corrected chi connectivity index (χ2v) is 9.21. The second-order valence-electron chi connectivity index (χ2n) is 9.21. The van der Waals surface area contributed by atoms with Gasteiger partial charge in [0.05, 0.1) is 6.42 Å². The van der Waals surface area contributed by atoms with E-state index in [1.54, 1.807) is 48.5 Å². The van der Waals surface area contributed by atoms with E-state index in [2.05, 4.69) is 20.6 Å². The van der Waals surface area contributed by atoms with Crippen molar-refractivity contribution in [1.29, 1.82) is 0 Å². The van der Waals surface area contributed by atoms with E-state index in [-0.39, 0.29) is 5.95 Å². The van der Waals surface area contributed by atoms with Crippen molar-refractivity contribution in [3.63, 3.8) is 0 Å². The molecule has 0 radical (unpaired) electrons. The van der Waals surface area contributed by atoms with Gasteiger partial charge in [0.1, 0.15) is 5.54 Å². The SMILES string of the molecule is Cc1cc(=O)nc(NC(=O)N[C@@](C(=O)O)(C(CC(=O)O)C(C)(C)C)C(C)(C)C)[nH]1. The molecule has 0 aromatic carbocycles. The zero-order chi connectivity index (χ0) is 22.8. The first-order chi connectivity index (χ1) is 13.0. The Balaban J connectivity index is 3.48. The van der Waals surface area contributed by atoms with E-state index < -0.39 is 52.2 Å². The molecule has 0 saturated carbocycles. The molecule has 1 aromatic rings. The van der Waals surface area contributed by atoms with E-state index >= 15 is 0 Å². The zero-order valence-corrected chi connectivity index (χ0v) is 17.8. The van der Waals surface area contributed by atoms with Crippen molar-refractivity contribution in [2.75, 3.05) is 5.32 Å². The van der Waals surface area contributed by atoms with Gasteiger partial charge in [-0.25, -0.2) is 9.59 Å². The summed E-state index contributed by atoms with van der Waals surface area (Å²) >= 11 is 0. The molecule has 0 fully saturated rings.